The first-order chi connectivity index (χ1) is 27.8. The van der Waals surface area contributed by atoms with E-state index in [1.54, 1.807) is 0 Å². The molecular weight excluding hydrogens is 725 g/mol. The number of carbonyl (C=O) groups excluding carboxylic acids is 2. The van der Waals surface area contributed by atoms with Gasteiger partial charge in [-0.3, -0.25) is 9.59 Å². The SMILES string of the molecule is CCCCC/C=C/C/C=C/C/C=C/C/C=C/C/C=C/CCC(=O)OC[C@@H](CO[C@H]1O[C@@H](CO)[C@@H](O)C(O)C1O)OC(=O)CCCCCCCCCCCCCCC. The Labute approximate surface area is 345 Å². The highest BCUT2D eigenvalue weighted by Gasteiger charge is 2.44. The summed E-state index contributed by atoms with van der Waals surface area (Å²) in [7, 11) is 0. The summed E-state index contributed by atoms with van der Waals surface area (Å²) in [6.45, 7) is 3.31. The van der Waals surface area contributed by atoms with Crippen LogP contribution in [0.25, 0.3) is 0 Å². The van der Waals surface area contributed by atoms with Crippen molar-refractivity contribution in [3.8, 4) is 0 Å². The van der Waals surface area contributed by atoms with E-state index >= 15 is 0 Å². The van der Waals surface area contributed by atoms with Gasteiger partial charge in [-0.15, -0.1) is 0 Å². The van der Waals surface area contributed by atoms with Crippen LogP contribution in [-0.4, -0.2) is 89.0 Å². The fourth-order valence-electron chi connectivity index (χ4n) is 6.35. The molecule has 1 saturated heterocycles. The molecule has 10 nitrogen and oxygen atoms in total. The topological polar surface area (TPSA) is 152 Å². The van der Waals surface area contributed by atoms with Crippen LogP contribution < -0.4 is 0 Å². The van der Waals surface area contributed by atoms with E-state index < -0.39 is 55.4 Å². The van der Waals surface area contributed by atoms with Crippen LogP contribution in [0.5, 0.6) is 0 Å². The van der Waals surface area contributed by atoms with Crippen LogP contribution in [-0.2, 0) is 28.5 Å². The molecule has 0 aromatic heterocycles. The third-order valence-electron chi connectivity index (χ3n) is 9.92. The minimum Gasteiger partial charge on any atom is -0.462 e. The predicted molar refractivity (Wildman–Crippen MR) is 228 cm³/mol. The zero-order chi connectivity index (χ0) is 41.6. The van der Waals surface area contributed by atoms with Gasteiger partial charge in [0, 0.05) is 12.8 Å². The Kier molecular flexibility index (Phi) is 34.6. The van der Waals surface area contributed by atoms with Gasteiger partial charge in [0.15, 0.2) is 12.4 Å². The smallest absolute Gasteiger partial charge is 0.306 e. The van der Waals surface area contributed by atoms with Crippen LogP contribution in [0.1, 0.15) is 168 Å². The summed E-state index contributed by atoms with van der Waals surface area (Å²) in [6.07, 6.45) is 38.1. The molecule has 1 heterocycles. The zero-order valence-corrected chi connectivity index (χ0v) is 35.6. The summed E-state index contributed by atoms with van der Waals surface area (Å²) in [5, 5.41) is 40.0. The molecule has 1 fully saturated rings. The van der Waals surface area contributed by atoms with Gasteiger partial charge in [0.25, 0.3) is 0 Å². The molecule has 1 aliphatic rings. The second-order valence-corrected chi connectivity index (χ2v) is 15.2. The first-order valence-electron chi connectivity index (χ1n) is 22.4. The number of hydrogen-bond acceptors (Lipinski definition) is 10. The van der Waals surface area contributed by atoms with E-state index in [2.05, 4.69) is 62.5 Å². The average Bonchev–Trinajstić information content (AvgIpc) is 3.21. The summed E-state index contributed by atoms with van der Waals surface area (Å²) in [5.41, 5.74) is 0. The molecule has 0 bridgehead atoms. The Morgan fingerprint density at radius 2 is 1.02 bits per heavy atom. The summed E-state index contributed by atoms with van der Waals surface area (Å²) >= 11 is 0. The van der Waals surface area contributed by atoms with Gasteiger partial charge < -0.3 is 39.4 Å². The highest BCUT2D eigenvalue weighted by molar-refractivity contribution is 5.70. The van der Waals surface area contributed by atoms with Crippen LogP contribution in [0.15, 0.2) is 60.8 Å². The second kappa shape index (κ2) is 37.7. The molecule has 0 saturated carbocycles. The summed E-state index contributed by atoms with van der Waals surface area (Å²) in [5.74, 6) is -0.904. The minimum absolute atomic E-state index is 0.151. The molecule has 6 atom stereocenters. The molecule has 2 unspecified atom stereocenters. The van der Waals surface area contributed by atoms with Gasteiger partial charge in [-0.1, -0.05) is 164 Å². The number of esters is 2. The third kappa shape index (κ3) is 29.3. The van der Waals surface area contributed by atoms with E-state index in [9.17, 15) is 30.0 Å². The van der Waals surface area contributed by atoms with E-state index in [4.69, 9.17) is 18.9 Å². The Balaban J connectivity index is 2.39. The largest absolute Gasteiger partial charge is 0.462 e. The number of aliphatic hydroxyl groups excluding tert-OH is 4. The van der Waals surface area contributed by atoms with Crippen molar-refractivity contribution in [2.75, 3.05) is 19.8 Å². The van der Waals surface area contributed by atoms with Gasteiger partial charge in [-0.25, -0.2) is 0 Å². The Hall–Kier alpha value is -2.60. The van der Waals surface area contributed by atoms with Gasteiger partial charge in [0.1, 0.15) is 31.0 Å². The standard InChI is InChI=1S/C47H80O10/c1-3-5-7-9-11-13-15-17-18-19-20-21-22-24-25-27-29-31-33-35-42(49)54-38-40(39-55-47-46(53)45(52)44(51)41(37-48)57-47)56-43(50)36-34-32-30-28-26-23-16-14-12-10-8-6-4-2/h11,13,17-18,20-21,24-25,29,31,40-41,44-48,51-53H,3-10,12,14-16,19,22-23,26-28,30,32-39H2,1-2H3/b13-11+,18-17+,21-20+,25-24+,31-29+/t40-,41-,44+,45?,46?,47-/m0/s1. The molecule has 1 aliphatic heterocycles. The number of carbonyl (C=O) groups is 2. The maximum Gasteiger partial charge on any atom is 0.306 e. The van der Waals surface area contributed by atoms with Crippen LogP contribution in [0.4, 0.5) is 0 Å². The van der Waals surface area contributed by atoms with Gasteiger partial charge in [0.05, 0.1) is 13.2 Å². The van der Waals surface area contributed by atoms with E-state index in [1.807, 2.05) is 12.2 Å². The fraction of sp³-hybridized carbons (Fsp3) is 0.745. The molecule has 0 spiro atoms. The number of unbranched alkanes of at least 4 members (excludes halogenated alkanes) is 15. The first-order valence-corrected chi connectivity index (χ1v) is 22.4. The van der Waals surface area contributed by atoms with Crippen molar-refractivity contribution in [2.24, 2.45) is 0 Å². The van der Waals surface area contributed by atoms with Crippen molar-refractivity contribution in [3.63, 3.8) is 0 Å². The Morgan fingerprint density at radius 3 is 1.54 bits per heavy atom. The second-order valence-electron chi connectivity index (χ2n) is 15.2. The fourth-order valence-corrected chi connectivity index (χ4v) is 6.35. The van der Waals surface area contributed by atoms with Crippen LogP contribution in [0.2, 0.25) is 0 Å². The van der Waals surface area contributed by atoms with Gasteiger partial charge in [0.2, 0.25) is 0 Å². The molecule has 1 rings (SSSR count). The number of aliphatic hydroxyl groups is 4. The number of rotatable bonds is 36. The minimum atomic E-state index is -1.61. The van der Waals surface area contributed by atoms with E-state index in [0.717, 1.165) is 44.9 Å². The summed E-state index contributed by atoms with van der Waals surface area (Å²) < 4.78 is 22.1. The molecule has 10 heteroatoms. The van der Waals surface area contributed by atoms with Gasteiger partial charge >= 0.3 is 11.9 Å². The third-order valence-corrected chi connectivity index (χ3v) is 9.92. The normalized spacial score (nSPS) is 20.8. The Bertz CT molecular complexity index is 1110. The lowest BCUT2D eigenvalue weighted by Gasteiger charge is -2.39. The Morgan fingerprint density at radius 1 is 0.544 bits per heavy atom. The van der Waals surface area contributed by atoms with Crippen LogP contribution in [0, 0.1) is 0 Å². The zero-order valence-electron chi connectivity index (χ0n) is 35.6. The average molecular weight is 805 g/mol. The van der Waals surface area contributed by atoms with Crippen molar-refractivity contribution < 1.29 is 49.0 Å². The monoisotopic (exact) mass is 805 g/mol. The summed E-state index contributed by atoms with van der Waals surface area (Å²) in [6, 6.07) is 0. The number of ether oxygens (including phenoxy) is 4. The highest BCUT2D eigenvalue weighted by atomic mass is 16.7. The first kappa shape index (κ1) is 52.4. The lowest BCUT2D eigenvalue weighted by molar-refractivity contribution is -0.305. The van der Waals surface area contributed by atoms with Crippen molar-refractivity contribution in [1.29, 1.82) is 0 Å². The number of hydrogen-bond donors (Lipinski definition) is 4. The molecule has 0 amide bonds. The van der Waals surface area contributed by atoms with Crippen molar-refractivity contribution in [3.05, 3.63) is 60.8 Å². The molecule has 328 valence electrons. The lowest BCUT2D eigenvalue weighted by Crippen LogP contribution is -2.59. The molecule has 0 radical (unpaired) electrons. The van der Waals surface area contributed by atoms with Crippen molar-refractivity contribution in [1.82, 2.24) is 0 Å². The van der Waals surface area contributed by atoms with Crippen molar-refractivity contribution in [2.45, 2.75) is 205 Å². The maximum atomic E-state index is 12.7. The van der Waals surface area contributed by atoms with Gasteiger partial charge in [-0.05, 0) is 51.4 Å². The molecule has 57 heavy (non-hydrogen) atoms. The molecule has 0 aromatic rings. The van der Waals surface area contributed by atoms with E-state index in [1.165, 1.54) is 83.5 Å². The van der Waals surface area contributed by atoms with E-state index in [-0.39, 0.29) is 26.1 Å². The molecule has 0 aromatic carbocycles. The molecule has 0 aliphatic carbocycles. The molecular formula is C47H80O10. The van der Waals surface area contributed by atoms with Crippen LogP contribution >= 0.6 is 0 Å². The maximum absolute atomic E-state index is 12.7. The lowest BCUT2D eigenvalue weighted by atomic mass is 9.99. The van der Waals surface area contributed by atoms with E-state index in [0.29, 0.717) is 12.8 Å². The quantitative estimate of drug-likeness (QED) is 0.0274. The van der Waals surface area contributed by atoms with Crippen molar-refractivity contribution >= 4 is 11.9 Å². The number of allylic oxidation sites excluding steroid dienone is 10. The van der Waals surface area contributed by atoms with Gasteiger partial charge in [-0.2, -0.15) is 0 Å². The molecule has 4 N–H and O–H groups in total. The predicted octanol–water partition coefficient (Wildman–Crippen LogP) is 9.44. The highest BCUT2D eigenvalue weighted by Crippen LogP contribution is 2.22. The van der Waals surface area contributed by atoms with Crippen LogP contribution in [0.3, 0.4) is 0 Å². The summed E-state index contributed by atoms with van der Waals surface area (Å²) in [4.78, 5) is 25.3.